The summed E-state index contributed by atoms with van der Waals surface area (Å²) in [6, 6.07) is 12.2. The third-order valence-corrected chi connectivity index (χ3v) is 6.09. The fraction of sp³-hybridized carbons (Fsp3) is 0.267. The van der Waals surface area contributed by atoms with Gasteiger partial charge in [-0.25, -0.2) is 8.42 Å². The van der Waals surface area contributed by atoms with Gasteiger partial charge in [0.05, 0.1) is 4.90 Å². The summed E-state index contributed by atoms with van der Waals surface area (Å²) < 4.78 is 26.6. The first-order chi connectivity index (χ1) is 9.89. The van der Waals surface area contributed by atoms with E-state index < -0.39 is 21.5 Å². The van der Waals surface area contributed by atoms with Gasteiger partial charge in [-0.15, -0.1) is 0 Å². The number of carboxylic acids is 1. The highest BCUT2D eigenvalue weighted by atomic mass is 32.2. The molecule has 0 aromatic heterocycles. The van der Waals surface area contributed by atoms with Crippen LogP contribution in [0.3, 0.4) is 0 Å². The lowest BCUT2D eigenvalue weighted by Gasteiger charge is -2.24. The Morgan fingerprint density at radius 3 is 2.38 bits per heavy atom. The Hall–Kier alpha value is -1.92. The van der Waals surface area contributed by atoms with Gasteiger partial charge in [-0.3, -0.25) is 4.79 Å². The van der Waals surface area contributed by atoms with Crippen LogP contribution in [0, 0.1) is 0 Å². The van der Waals surface area contributed by atoms with Crippen LogP contribution in [0.4, 0.5) is 0 Å². The highest BCUT2D eigenvalue weighted by Gasteiger charge is 2.58. The van der Waals surface area contributed by atoms with E-state index >= 15 is 0 Å². The zero-order valence-corrected chi connectivity index (χ0v) is 12.3. The Kier molecular flexibility index (Phi) is 3.04. The summed E-state index contributed by atoms with van der Waals surface area (Å²) in [6.07, 6.45) is 0.700. The Morgan fingerprint density at radius 2 is 1.76 bits per heavy atom. The van der Waals surface area contributed by atoms with E-state index in [-0.39, 0.29) is 4.90 Å². The van der Waals surface area contributed by atoms with E-state index in [1.54, 1.807) is 18.2 Å². The van der Waals surface area contributed by atoms with Gasteiger partial charge in [0.25, 0.3) is 0 Å². The molecule has 0 spiro atoms. The number of carbonyl (C=O) groups is 1. The number of aliphatic carboxylic acids is 1. The van der Waals surface area contributed by atoms with Crippen molar-refractivity contribution in [2.24, 2.45) is 0 Å². The Morgan fingerprint density at radius 1 is 1.14 bits per heavy atom. The maximum Gasteiger partial charge on any atom is 0.325 e. The van der Waals surface area contributed by atoms with Crippen LogP contribution in [0.25, 0.3) is 10.8 Å². The molecule has 110 valence electrons. The number of nitrogens with zero attached hydrogens (tertiary/aromatic N) is 1. The van der Waals surface area contributed by atoms with Crippen LogP contribution in [0.5, 0.6) is 0 Å². The van der Waals surface area contributed by atoms with Crippen molar-refractivity contribution in [1.82, 2.24) is 4.31 Å². The molecule has 1 saturated carbocycles. The van der Waals surface area contributed by atoms with E-state index in [1.165, 1.54) is 13.1 Å². The molecule has 1 N–H and O–H groups in total. The predicted molar refractivity (Wildman–Crippen MR) is 78.5 cm³/mol. The SMILES string of the molecule is CN(C1(C(=O)O)CC1)S(=O)(=O)c1cccc2ccccc12. The third kappa shape index (κ3) is 2.02. The quantitative estimate of drug-likeness (QED) is 0.938. The van der Waals surface area contributed by atoms with Crippen LogP contribution >= 0.6 is 0 Å². The highest BCUT2D eigenvalue weighted by Crippen LogP contribution is 2.44. The van der Waals surface area contributed by atoms with Gasteiger partial charge in [0.1, 0.15) is 5.54 Å². The summed E-state index contributed by atoms with van der Waals surface area (Å²) in [7, 11) is -2.51. The van der Waals surface area contributed by atoms with Crippen molar-refractivity contribution >= 4 is 26.8 Å². The molecule has 1 fully saturated rings. The molecule has 0 atom stereocenters. The molecule has 0 aliphatic heterocycles. The number of hydrogen-bond donors (Lipinski definition) is 1. The number of fused-ring (bicyclic) bond motifs is 1. The number of rotatable bonds is 4. The molecule has 2 aromatic rings. The number of benzene rings is 2. The van der Waals surface area contributed by atoms with Crippen molar-refractivity contribution in [2.45, 2.75) is 23.3 Å². The van der Waals surface area contributed by atoms with Gasteiger partial charge in [0.15, 0.2) is 0 Å². The second-order valence-electron chi connectivity index (χ2n) is 5.29. The Labute approximate surface area is 122 Å². The number of hydrogen-bond acceptors (Lipinski definition) is 3. The summed E-state index contributed by atoms with van der Waals surface area (Å²) >= 11 is 0. The standard InChI is InChI=1S/C15H15NO4S/c1-16(15(9-10-15)14(17)18)21(19,20)13-8-4-6-11-5-2-3-7-12(11)13/h2-8H,9-10H2,1H3,(H,17,18). The molecule has 0 amide bonds. The average molecular weight is 305 g/mol. The van der Waals surface area contributed by atoms with Gasteiger partial charge < -0.3 is 5.11 Å². The lowest BCUT2D eigenvalue weighted by Crippen LogP contribution is -2.44. The topological polar surface area (TPSA) is 74.7 Å². The maximum atomic E-state index is 12.8. The van der Waals surface area contributed by atoms with Crippen LogP contribution in [-0.4, -0.2) is 36.4 Å². The third-order valence-electron chi connectivity index (χ3n) is 4.11. The smallest absolute Gasteiger partial charge is 0.325 e. The van der Waals surface area contributed by atoms with Gasteiger partial charge in [-0.2, -0.15) is 4.31 Å². The van der Waals surface area contributed by atoms with Gasteiger partial charge >= 0.3 is 5.97 Å². The summed E-state index contributed by atoms with van der Waals surface area (Å²) in [5.74, 6) is -1.09. The molecule has 0 radical (unpaired) electrons. The molecule has 2 aromatic carbocycles. The first-order valence-corrected chi connectivity index (χ1v) is 8.04. The van der Waals surface area contributed by atoms with Crippen molar-refractivity contribution < 1.29 is 18.3 Å². The van der Waals surface area contributed by atoms with Crippen LogP contribution in [0.15, 0.2) is 47.4 Å². The van der Waals surface area contributed by atoms with E-state index in [1.807, 2.05) is 18.2 Å². The maximum absolute atomic E-state index is 12.8. The van der Waals surface area contributed by atoms with Crippen LogP contribution in [-0.2, 0) is 14.8 Å². The molecule has 0 unspecified atom stereocenters. The van der Waals surface area contributed by atoms with E-state index in [9.17, 15) is 18.3 Å². The van der Waals surface area contributed by atoms with Gasteiger partial charge in [-0.05, 0) is 24.3 Å². The molecule has 1 aliphatic rings. The van der Waals surface area contributed by atoms with Gasteiger partial charge in [-0.1, -0.05) is 36.4 Å². The van der Waals surface area contributed by atoms with Crippen molar-refractivity contribution in [1.29, 1.82) is 0 Å². The highest BCUT2D eigenvalue weighted by molar-refractivity contribution is 7.89. The zero-order chi connectivity index (χ0) is 15.3. The molecular weight excluding hydrogens is 290 g/mol. The molecule has 1 aliphatic carbocycles. The molecule has 3 rings (SSSR count). The second kappa shape index (κ2) is 4.54. The number of sulfonamides is 1. The summed E-state index contributed by atoms with van der Waals surface area (Å²) in [6.45, 7) is 0. The first kappa shape index (κ1) is 14.0. The van der Waals surface area contributed by atoms with Crippen LogP contribution < -0.4 is 0 Å². The minimum absolute atomic E-state index is 0.149. The molecule has 0 bridgehead atoms. The van der Waals surface area contributed by atoms with Crippen molar-refractivity contribution in [3.8, 4) is 0 Å². The fourth-order valence-electron chi connectivity index (χ4n) is 2.58. The average Bonchev–Trinajstić information content (AvgIpc) is 3.27. The first-order valence-electron chi connectivity index (χ1n) is 6.60. The fourth-order valence-corrected chi connectivity index (χ4v) is 4.31. The van der Waals surface area contributed by atoms with Crippen LogP contribution in [0.1, 0.15) is 12.8 Å². The summed E-state index contributed by atoms with van der Waals surface area (Å²) in [4.78, 5) is 11.5. The lowest BCUT2D eigenvalue weighted by atomic mass is 10.1. The minimum Gasteiger partial charge on any atom is -0.480 e. The normalized spacial score (nSPS) is 17.0. The number of carboxylic acid groups (broad SMARTS) is 1. The molecule has 0 saturated heterocycles. The van der Waals surface area contributed by atoms with Gasteiger partial charge in [0.2, 0.25) is 10.0 Å². The molecule has 5 nitrogen and oxygen atoms in total. The predicted octanol–water partition coefficient (Wildman–Crippen LogP) is 2.08. The zero-order valence-electron chi connectivity index (χ0n) is 11.5. The van der Waals surface area contributed by atoms with Crippen molar-refractivity contribution in [2.75, 3.05) is 7.05 Å². The minimum atomic E-state index is -3.85. The van der Waals surface area contributed by atoms with Crippen LogP contribution in [0.2, 0.25) is 0 Å². The van der Waals surface area contributed by atoms with Crippen molar-refractivity contribution in [3.05, 3.63) is 42.5 Å². The summed E-state index contributed by atoms with van der Waals surface area (Å²) in [5, 5.41) is 10.7. The van der Waals surface area contributed by atoms with E-state index in [4.69, 9.17) is 0 Å². The van der Waals surface area contributed by atoms with E-state index in [0.717, 1.165) is 9.69 Å². The summed E-state index contributed by atoms with van der Waals surface area (Å²) in [5.41, 5.74) is -1.28. The van der Waals surface area contributed by atoms with Crippen molar-refractivity contribution in [3.63, 3.8) is 0 Å². The largest absolute Gasteiger partial charge is 0.480 e. The molecular formula is C15H15NO4S. The monoisotopic (exact) mass is 305 g/mol. The Balaban J connectivity index is 2.16. The lowest BCUT2D eigenvalue weighted by molar-refractivity contribution is -0.142. The van der Waals surface area contributed by atoms with Gasteiger partial charge in [0, 0.05) is 12.4 Å². The molecule has 21 heavy (non-hydrogen) atoms. The van der Waals surface area contributed by atoms with E-state index in [2.05, 4.69) is 0 Å². The molecule has 0 heterocycles. The Bertz CT molecular complexity index is 819. The number of likely N-dealkylation sites (N-methyl/N-ethyl adjacent to an activating group) is 1. The molecule has 6 heteroatoms. The second-order valence-corrected chi connectivity index (χ2v) is 7.22. The van der Waals surface area contributed by atoms with E-state index in [0.29, 0.717) is 18.2 Å².